The third-order valence-electron chi connectivity index (χ3n) is 11.3. The molecular formula is C37H38ClF3N6O5S. The number of nitrogens with zero attached hydrogens (tertiary/aromatic N) is 5. The highest BCUT2D eigenvalue weighted by Crippen LogP contribution is 2.51. The molecule has 2 N–H and O–H groups in total. The summed E-state index contributed by atoms with van der Waals surface area (Å²) in [5.41, 5.74) is 5.56. The topological polar surface area (TPSA) is 128 Å². The molecule has 4 aromatic rings. The molecular weight excluding hydrogens is 733 g/mol. The number of fused-ring (bicyclic) bond motifs is 2. The Morgan fingerprint density at radius 1 is 1.11 bits per heavy atom. The standard InChI is InChI=1S/C37H38ClF3N6O5S/c38-29-27(22-5-6-24(40)33-26(22)23(13-42)34(43)53-33)30(41)31-28-32(29)50-17-21(52-25-4-1-2-10-49-25)15-47(20-7-11-48-16-20)35(28)45-36(44-31)51-18-37-8-3-9-46(37)14-19(39)12-37/h5-6,19-21,25H,1-4,7-12,14-18,43H2/t19-,20?,21?,25?,37+/m1/s1. The van der Waals surface area contributed by atoms with Gasteiger partial charge in [-0.15, -0.1) is 11.3 Å². The van der Waals surface area contributed by atoms with Crippen LogP contribution in [-0.2, 0) is 14.2 Å². The van der Waals surface area contributed by atoms with E-state index in [0.717, 1.165) is 50.0 Å². The molecule has 4 saturated heterocycles. The van der Waals surface area contributed by atoms with Crippen LogP contribution in [0.5, 0.6) is 11.8 Å². The Morgan fingerprint density at radius 3 is 2.79 bits per heavy atom. The van der Waals surface area contributed by atoms with Gasteiger partial charge >= 0.3 is 6.01 Å². The van der Waals surface area contributed by atoms with E-state index in [1.807, 2.05) is 4.90 Å². The highest BCUT2D eigenvalue weighted by molar-refractivity contribution is 7.23. The highest BCUT2D eigenvalue weighted by Gasteiger charge is 2.49. The molecule has 11 nitrogen and oxygen atoms in total. The largest absolute Gasteiger partial charge is 0.488 e. The minimum absolute atomic E-state index is 0.0162. The summed E-state index contributed by atoms with van der Waals surface area (Å²) in [4.78, 5) is 13.8. The first-order valence-corrected chi connectivity index (χ1v) is 19.3. The molecule has 5 aliphatic heterocycles. The van der Waals surface area contributed by atoms with E-state index in [-0.39, 0.29) is 78.7 Å². The molecule has 0 aliphatic carbocycles. The molecule has 4 fully saturated rings. The number of rotatable bonds is 7. The van der Waals surface area contributed by atoms with Gasteiger partial charge < -0.3 is 34.3 Å². The van der Waals surface area contributed by atoms with Gasteiger partial charge in [0.15, 0.2) is 17.9 Å². The molecule has 0 spiro atoms. The number of nitriles is 1. The molecule has 0 saturated carbocycles. The van der Waals surface area contributed by atoms with Gasteiger partial charge in [0.1, 0.15) is 53.7 Å². The lowest BCUT2D eigenvalue weighted by Gasteiger charge is -2.37. The van der Waals surface area contributed by atoms with Crippen LogP contribution in [0.3, 0.4) is 0 Å². The van der Waals surface area contributed by atoms with Crippen molar-refractivity contribution >= 4 is 54.7 Å². The van der Waals surface area contributed by atoms with Crippen molar-refractivity contribution in [1.29, 1.82) is 5.26 Å². The van der Waals surface area contributed by atoms with Crippen molar-refractivity contribution in [1.82, 2.24) is 14.9 Å². The van der Waals surface area contributed by atoms with Crippen LogP contribution in [0, 0.1) is 23.0 Å². The van der Waals surface area contributed by atoms with E-state index >= 15 is 8.78 Å². The van der Waals surface area contributed by atoms with Crippen LogP contribution < -0.4 is 20.1 Å². The predicted molar refractivity (Wildman–Crippen MR) is 193 cm³/mol. The average molecular weight is 771 g/mol. The molecule has 3 unspecified atom stereocenters. The Kier molecular flexibility index (Phi) is 9.19. The van der Waals surface area contributed by atoms with Crippen LogP contribution in [0.4, 0.5) is 24.0 Å². The number of benzene rings is 2. The van der Waals surface area contributed by atoms with Crippen LogP contribution >= 0.6 is 22.9 Å². The second-order valence-electron chi connectivity index (χ2n) is 14.5. The quantitative estimate of drug-likeness (QED) is 0.214. The summed E-state index contributed by atoms with van der Waals surface area (Å²) >= 11 is 8.11. The fourth-order valence-electron chi connectivity index (χ4n) is 8.78. The smallest absolute Gasteiger partial charge is 0.319 e. The highest BCUT2D eigenvalue weighted by atomic mass is 35.5. The summed E-state index contributed by atoms with van der Waals surface area (Å²) in [5, 5.41) is 10.4. The fraction of sp³-hybridized carbons (Fsp3) is 0.541. The summed E-state index contributed by atoms with van der Waals surface area (Å²) in [6.07, 6.45) is 3.44. The summed E-state index contributed by atoms with van der Waals surface area (Å²) in [7, 11) is 0. The van der Waals surface area contributed by atoms with Gasteiger partial charge in [0.25, 0.3) is 0 Å². The number of hydrogen-bond donors (Lipinski definition) is 1. The number of ether oxygens (including phenoxy) is 5. The third kappa shape index (κ3) is 6.02. The summed E-state index contributed by atoms with van der Waals surface area (Å²) < 4.78 is 78.6. The Labute approximate surface area is 312 Å². The Hall–Kier alpha value is -3.65. The molecule has 2 aromatic carbocycles. The van der Waals surface area contributed by atoms with Gasteiger partial charge in [-0.05, 0) is 56.7 Å². The summed E-state index contributed by atoms with van der Waals surface area (Å²) in [6, 6.07) is 4.39. The number of halogens is 4. The first-order chi connectivity index (χ1) is 25.7. The van der Waals surface area contributed by atoms with Crippen LogP contribution in [0.2, 0.25) is 5.02 Å². The first kappa shape index (κ1) is 35.1. The van der Waals surface area contributed by atoms with Crippen molar-refractivity contribution in [2.45, 2.75) is 75.1 Å². The van der Waals surface area contributed by atoms with Crippen LogP contribution in [0.1, 0.15) is 50.5 Å². The zero-order valence-corrected chi connectivity index (χ0v) is 30.4. The molecule has 53 heavy (non-hydrogen) atoms. The van der Waals surface area contributed by atoms with E-state index < -0.39 is 35.7 Å². The molecule has 16 heteroatoms. The van der Waals surface area contributed by atoms with Gasteiger partial charge in [-0.3, -0.25) is 4.90 Å². The minimum atomic E-state index is -0.966. The summed E-state index contributed by atoms with van der Waals surface area (Å²) in [5.74, 6) is -0.993. The SMILES string of the molecule is N#Cc1c(N)sc2c(F)ccc(-c3c(Cl)c4c5c(nc(OC[C@@]67CCCN6C[C@H](F)C7)nc5c3F)N(C3CCOC3)CC(OC3CCCCO3)CO4)c12. The maximum atomic E-state index is 17.5. The van der Waals surface area contributed by atoms with Gasteiger partial charge in [0, 0.05) is 43.7 Å². The Morgan fingerprint density at radius 2 is 2.00 bits per heavy atom. The van der Waals surface area contributed by atoms with Crippen molar-refractivity contribution in [3.8, 4) is 29.0 Å². The van der Waals surface area contributed by atoms with E-state index in [4.69, 9.17) is 46.0 Å². The molecule has 0 amide bonds. The Bertz CT molecular complexity index is 2120. The lowest BCUT2D eigenvalue weighted by Crippen LogP contribution is -2.47. The number of nitrogens with two attached hydrogens (primary N) is 1. The van der Waals surface area contributed by atoms with Gasteiger partial charge in [-0.1, -0.05) is 17.7 Å². The average Bonchev–Trinajstić information content (AvgIpc) is 3.94. The molecule has 5 atom stereocenters. The lowest BCUT2D eigenvalue weighted by atomic mass is 9.95. The van der Waals surface area contributed by atoms with Gasteiger partial charge in [0.05, 0.1) is 38.9 Å². The third-order valence-corrected chi connectivity index (χ3v) is 12.7. The number of thiophene rings is 1. The van der Waals surface area contributed by atoms with Crippen LogP contribution in [0.15, 0.2) is 12.1 Å². The second kappa shape index (κ2) is 13.9. The van der Waals surface area contributed by atoms with Crippen molar-refractivity contribution in [3.05, 3.63) is 34.4 Å². The zero-order valence-electron chi connectivity index (χ0n) is 28.8. The molecule has 280 valence electrons. The van der Waals surface area contributed by atoms with Gasteiger partial charge in [-0.25, -0.2) is 13.2 Å². The molecule has 0 radical (unpaired) electrons. The van der Waals surface area contributed by atoms with E-state index in [1.165, 1.54) is 12.1 Å². The maximum Gasteiger partial charge on any atom is 0.319 e. The van der Waals surface area contributed by atoms with Gasteiger partial charge in [-0.2, -0.15) is 15.2 Å². The fourth-order valence-corrected chi connectivity index (χ4v) is 10.1. The monoisotopic (exact) mass is 770 g/mol. The number of aromatic nitrogens is 2. The number of anilines is 2. The van der Waals surface area contributed by atoms with Gasteiger partial charge in [0.2, 0.25) is 0 Å². The molecule has 9 rings (SSSR count). The van der Waals surface area contributed by atoms with Crippen LogP contribution in [0.25, 0.3) is 32.1 Å². The number of alkyl halides is 1. The normalized spacial score (nSPS) is 27.5. The van der Waals surface area contributed by atoms with Crippen molar-refractivity contribution in [2.24, 2.45) is 0 Å². The number of hydrogen-bond acceptors (Lipinski definition) is 12. The zero-order chi connectivity index (χ0) is 36.4. The van der Waals surface area contributed by atoms with Crippen molar-refractivity contribution < 1.29 is 36.9 Å². The predicted octanol–water partition coefficient (Wildman–Crippen LogP) is 6.75. The van der Waals surface area contributed by atoms with E-state index in [0.29, 0.717) is 51.6 Å². The number of nitrogen functional groups attached to an aromatic ring is 1. The molecule has 5 aliphatic rings. The van der Waals surface area contributed by atoms with E-state index in [1.54, 1.807) is 0 Å². The van der Waals surface area contributed by atoms with Crippen LogP contribution in [-0.4, -0.2) is 97.7 Å². The van der Waals surface area contributed by atoms with E-state index in [2.05, 4.69) is 16.0 Å². The van der Waals surface area contributed by atoms with Crippen molar-refractivity contribution in [2.75, 3.05) is 63.3 Å². The minimum Gasteiger partial charge on any atom is -0.488 e. The molecule has 0 bridgehead atoms. The van der Waals surface area contributed by atoms with E-state index in [9.17, 15) is 9.65 Å². The summed E-state index contributed by atoms with van der Waals surface area (Å²) in [6.45, 7) is 3.12. The molecule has 2 aromatic heterocycles. The molecule has 7 heterocycles. The first-order valence-electron chi connectivity index (χ1n) is 18.1. The Balaban J connectivity index is 1.24. The maximum absolute atomic E-state index is 17.5. The lowest BCUT2D eigenvalue weighted by molar-refractivity contribution is -0.191. The second-order valence-corrected chi connectivity index (χ2v) is 16.0. The van der Waals surface area contributed by atoms with Crippen molar-refractivity contribution in [3.63, 3.8) is 0 Å².